The van der Waals surface area contributed by atoms with Gasteiger partial charge in [0.05, 0.1) is 13.7 Å². The molecule has 0 aliphatic carbocycles. The van der Waals surface area contributed by atoms with Crippen LogP contribution in [0.25, 0.3) is 0 Å². The molecule has 0 aliphatic rings. The van der Waals surface area contributed by atoms with Crippen molar-refractivity contribution in [2.45, 2.75) is 45.1 Å². The number of carboxylic acid groups (broad SMARTS) is 1. The molecule has 0 amide bonds. The van der Waals surface area contributed by atoms with Crippen molar-refractivity contribution < 1.29 is 19.4 Å². The van der Waals surface area contributed by atoms with Gasteiger partial charge in [0.1, 0.15) is 5.75 Å². The van der Waals surface area contributed by atoms with Gasteiger partial charge in [0, 0.05) is 13.0 Å². The van der Waals surface area contributed by atoms with E-state index in [0.717, 1.165) is 50.0 Å². The van der Waals surface area contributed by atoms with Gasteiger partial charge in [-0.2, -0.15) is 0 Å². The van der Waals surface area contributed by atoms with E-state index in [1.165, 1.54) is 0 Å². The molecule has 0 spiro atoms. The smallest absolute Gasteiger partial charge is 0.303 e. The monoisotopic (exact) mass is 280 g/mol. The largest absolute Gasteiger partial charge is 0.497 e. The van der Waals surface area contributed by atoms with Crippen molar-refractivity contribution in [3.8, 4) is 5.75 Å². The van der Waals surface area contributed by atoms with Crippen LogP contribution in [0.1, 0.15) is 44.1 Å². The molecule has 0 atom stereocenters. The molecule has 1 aromatic rings. The Bertz CT molecular complexity index is 373. The quantitative estimate of drug-likeness (QED) is 0.629. The number of ether oxygens (including phenoxy) is 2. The van der Waals surface area contributed by atoms with E-state index in [2.05, 4.69) is 0 Å². The van der Waals surface area contributed by atoms with E-state index in [1.807, 2.05) is 24.3 Å². The van der Waals surface area contributed by atoms with Gasteiger partial charge in [-0.15, -0.1) is 0 Å². The Balaban J connectivity index is 1.95. The van der Waals surface area contributed by atoms with Gasteiger partial charge >= 0.3 is 5.97 Å². The summed E-state index contributed by atoms with van der Waals surface area (Å²) in [5, 5.41) is 8.50. The molecule has 1 rings (SSSR count). The van der Waals surface area contributed by atoms with Crippen molar-refractivity contribution in [3.05, 3.63) is 29.8 Å². The summed E-state index contributed by atoms with van der Waals surface area (Å²) in [6.07, 6.45) is 5.27. The number of carbonyl (C=O) groups is 1. The van der Waals surface area contributed by atoms with Gasteiger partial charge in [-0.1, -0.05) is 31.4 Å². The summed E-state index contributed by atoms with van der Waals surface area (Å²) in [7, 11) is 1.65. The van der Waals surface area contributed by atoms with Crippen LogP contribution in [0.2, 0.25) is 0 Å². The molecule has 20 heavy (non-hydrogen) atoms. The number of unbranched alkanes of at least 4 members (excludes halogenated alkanes) is 4. The zero-order chi connectivity index (χ0) is 14.6. The lowest BCUT2D eigenvalue weighted by molar-refractivity contribution is -0.137. The summed E-state index contributed by atoms with van der Waals surface area (Å²) in [6, 6.07) is 7.87. The fourth-order valence-corrected chi connectivity index (χ4v) is 1.92. The lowest BCUT2D eigenvalue weighted by atomic mass is 10.1. The van der Waals surface area contributed by atoms with Crippen molar-refractivity contribution in [2.24, 2.45) is 0 Å². The minimum atomic E-state index is -0.701. The number of rotatable bonds is 11. The van der Waals surface area contributed by atoms with E-state index >= 15 is 0 Å². The third-order valence-electron chi connectivity index (χ3n) is 3.11. The maximum atomic E-state index is 10.3. The Hall–Kier alpha value is -1.55. The van der Waals surface area contributed by atoms with Gasteiger partial charge in [0.2, 0.25) is 0 Å². The van der Waals surface area contributed by atoms with Crippen LogP contribution in [0.5, 0.6) is 5.75 Å². The molecule has 0 unspecified atom stereocenters. The molecule has 0 aliphatic heterocycles. The van der Waals surface area contributed by atoms with Gasteiger partial charge in [0.15, 0.2) is 0 Å². The first kappa shape index (κ1) is 16.5. The number of benzene rings is 1. The molecular weight excluding hydrogens is 256 g/mol. The summed E-state index contributed by atoms with van der Waals surface area (Å²) in [5.74, 6) is 0.155. The van der Waals surface area contributed by atoms with Crippen LogP contribution in [0.4, 0.5) is 0 Å². The van der Waals surface area contributed by atoms with Crippen LogP contribution in [0.3, 0.4) is 0 Å². The minimum absolute atomic E-state index is 0.286. The topological polar surface area (TPSA) is 55.8 Å². The van der Waals surface area contributed by atoms with Gasteiger partial charge < -0.3 is 14.6 Å². The first-order valence-electron chi connectivity index (χ1n) is 7.15. The van der Waals surface area contributed by atoms with Crippen molar-refractivity contribution in [2.75, 3.05) is 13.7 Å². The van der Waals surface area contributed by atoms with Crippen LogP contribution in [0.15, 0.2) is 24.3 Å². The van der Waals surface area contributed by atoms with E-state index in [0.29, 0.717) is 6.61 Å². The number of hydrogen-bond donors (Lipinski definition) is 1. The summed E-state index contributed by atoms with van der Waals surface area (Å²) >= 11 is 0. The molecule has 0 radical (unpaired) electrons. The molecule has 4 nitrogen and oxygen atoms in total. The molecule has 0 bridgehead atoms. The number of carboxylic acids is 1. The number of hydrogen-bond acceptors (Lipinski definition) is 3. The molecule has 112 valence electrons. The van der Waals surface area contributed by atoms with Crippen molar-refractivity contribution >= 4 is 5.97 Å². The van der Waals surface area contributed by atoms with E-state index in [1.54, 1.807) is 7.11 Å². The zero-order valence-corrected chi connectivity index (χ0v) is 12.1. The predicted molar refractivity (Wildman–Crippen MR) is 78.0 cm³/mol. The van der Waals surface area contributed by atoms with Crippen molar-refractivity contribution in [3.63, 3.8) is 0 Å². The van der Waals surface area contributed by atoms with Gasteiger partial charge in [0.25, 0.3) is 0 Å². The van der Waals surface area contributed by atoms with Crippen LogP contribution in [-0.4, -0.2) is 24.8 Å². The molecular formula is C16H24O4. The second kappa shape index (κ2) is 10.3. The van der Waals surface area contributed by atoms with Crippen LogP contribution in [0, 0.1) is 0 Å². The molecule has 1 N–H and O–H groups in total. The molecule has 0 saturated carbocycles. The third-order valence-corrected chi connectivity index (χ3v) is 3.11. The van der Waals surface area contributed by atoms with E-state index in [-0.39, 0.29) is 6.42 Å². The minimum Gasteiger partial charge on any atom is -0.497 e. The summed E-state index contributed by atoms with van der Waals surface area (Å²) < 4.78 is 10.7. The van der Waals surface area contributed by atoms with E-state index < -0.39 is 5.97 Å². The average Bonchev–Trinajstić information content (AvgIpc) is 2.46. The summed E-state index contributed by atoms with van der Waals surface area (Å²) in [6.45, 7) is 1.38. The van der Waals surface area contributed by atoms with Gasteiger partial charge in [-0.3, -0.25) is 4.79 Å². The highest BCUT2D eigenvalue weighted by Crippen LogP contribution is 2.12. The Morgan fingerprint density at radius 1 is 1.05 bits per heavy atom. The summed E-state index contributed by atoms with van der Waals surface area (Å²) in [5.41, 5.74) is 1.15. The Morgan fingerprint density at radius 3 is 2.35 bits per heavy atom. The fourth-order valence-electron chi connectivity index (χ4n) is 1.92. The second-order valence-corrected chi connectivity index (χ2v) is 4.81. The first-order chi connectivity index (χ1) is 9.72. The Labute approximate surface area is 120 Å². The Kier molecular flexibility index (Phi) is 8.47. The highest BCUT2D eigenvalue weighted by atomic mass is 16.5. The standard InChI is InChI=1S/C16H24O4/c1-19-15-10-8-14(9-11-15)13-20-12-6-4-2-3-5-7-16(17)18/h8-11H,2-7,12-13H2,1H3,(H,17,18). The molecule has 4 heteroatoms. The highest BCUT2D eigenvalue weighted by Gasteiger charge is 1.97. The maximum absolute atomic E-state index is 10.3. The molecule has 0 aromatic heterocycles. The number of methoxy groups -OCH3 is 1. The zero-order valence-electron chi connectivity index (χ0n) is 12.1. The van der Waals surface area contributed by atoms with Gasteiger partial charge in [-0.25, -0.2) is 0 Å². The van der Waals surface area contributed by atoms with Gasteiger partial charge in [-0.05, 0) is 30.5 Å². The van der Waals surface area contributed by atoms with Crippen molar-refractivity contribution in [1.29, 1.82) is 0 Å². The third kappa shape index (κ3) is 7.79. The number of aliphatic carboxylic acids is 1. The predicted octanol–water partition coefficient (Wildman–Crippen LogP) is 3.64. The van der Waals surface area contributed by atoms with Crippen LogP contribution < -0.4 is 4.74 Å². The molecule has 0 fully saturated rings. The molecule has 0 saturated heterocycles. The molecule has 0 heterocycles. The fraction of sp³-hybridized carbons (Fsp3) is 0.562. The van der Waals surface area contributed by atoms with Crippen LogP contribution >= 0.6 is 0 Å². The average molecular weight is 280 g/mol. The summed E-state index contributed by atoms with van der Waals surface area (Å²) in [4.78, 5) is 10.3. The lowest BCUT2D eigenvalue weighted by Gasteiger charge is -2.05. The highest BCUT2D eigenvalue weighted by molar-refractivity contribution is 5.66. The molecule has 1 aromatic carbocycles. The van der Waals surface area contributed by atoms with E-state index in [4.69, 9.17) is 14.6 Å². The SMILES string of the molecule is COc1ccc(COCCCCCCCC(=O)O)cc1. The first-order valence-corrected chi connectivity index (χ1v) is 7.15. The lowest BCUT2D eigenvalue weighted by Crippen LogP contribution is -1.96. The maximum Gasteiger partial charge on any atom is 0.303 e. The van der Waals surface area contributed by atoms with Crippen molar-refractivity contribution in [1.82, 2.24) is 0 Å². The van der Waals surface area contributed by atoms with E-state index in [9.17, 15) is 4.79 Å². The Morgan fingerprint density at radius 2 is 1.70 bits per heavy atom. The van der Waals surface area contributed by atoms with Crippen LogP contribution in [-0.2, 0) is 16.1 Å². The normalized spacial score (nSPS) is 10.4. The second-order valence-electron chi connectivity index (χ2n) is 4.81.